The first-order valence-electron chi connectivity index (χ1n) is 11.2. The number of benzene rings is 3. The Hall–Kier alpha value is -3.44. The minimum Gasteiger partial charge on any atom is -0.326 e. The van der Waals surface area contributed by atoms with Gasteiger partial charge in [-0.15, -0.1) is 0 Å². The molecule has 5 rings (SSSR count). The van der Waals surface area contributed by atoms with E-state index in [4.69, 9.17) is 5.10 Å². The van der Waals surface area contributed by atoms with Crippen molar-refractivity contribution < 1.29 is 22.8 Å². The third-order valence-corrected chi connectivity index (χ3v) is 7.46. The topological polar surface area (TPSA) is 74.1 Å². The molecule has 0 bridgehead atoms. The van der Waals surface area contributed by atoms with E-state index in [0.717, 1.165) is 45.2 Å². The van der Waals surface area contributed by atoms with E-state index in [1.54, 1.807) is 17.1 Å². The van der Waals surface area contributed by atoms with Crippen LogP contribution in [0.3, 0.4) is 0 Å². The number of anilines is 1. The number of amides is 2. The summed E-state index contributed by atoms with van der Waals surface area (Å²) in [5, 5.41) is 8.38. The standard InChI is InChI=1S/C26H18BrF3N4O2S/c27-16-3-1-2-15(10-16)21-12-22(14-4-6-17(28)7-5-14)34(33-21)26-32-25(36)23(37-26)13-24(35)31-18-8-9-19(29)20(30)11-18/h1-11,22-23H,12-13H2,(H,31,35)/t22-,23-/m0/s1. The molecule has 0 saturated carbocycles. The molecule has 2 atom stereocenters. The number of hydrogen-bond donors (Lipinski definition) is 1. The van der Waals surface area contributed by atoms with E-state index in [1.165, 1.54) is 18.2 Å². The van der Waals surface area contributed by atoms with Gasteiger partial charge in [-0.1, -0.05) is 52.0 Å². The SMILES string of the molecule is O=C(C[C@@H]1SC(N2N=C(c3cccc(Br)c3)C[C@H]2c2ccc(F)cc2)=NC1=O)Nc1ccc(F)c(F)c1. The van der Waals surface area contributed by atoms with Crippen LogP contribution >= 0.6 is 27.7 Å². The minimum absolute atomic E-state index is 0.0830. The Kier molecular flexibility index (Phi) is 7.16. The van der Waals surface area contributed by atoms with Crippen LogP contribution in [0.2, 0.25) is 0 Å². The average Bonchev–Trinajstić information content (AvgIpc) is 3.46. The molecule has 0 spiro atoms. The van der Waals surface area contributed by atoms with E-state index in [-0.39, 0.29) is 24.0 Å². The molecule has 3 aromatic carbocycles. The van der Waals surface area contributed by atoms with Gasteiger partial charge >= 0.3 is 0 Å². The lowest BCUT2D eigenvalue weighted by molar-refractivity contribution is -0.121. The average molecular weight is 587 g/mol. The molecule has 0 radical (unpaired) electrons. The number of nitrogens with one attached hydrogen (secondary N) is 1. The number of halogens is 4. The number of hydrazone groups is 1. The summed E-state index contributed by atoms with van der Waals surface area (Å²) in [5.41, 5.74) is 2.54. The molecular formula is C26H18BrF3N4O2S. The summed E-state index contributed by atoms with van der Waals surface area (Å²) in [6, 6.07) is 16.4. The zero-order valence-corrected chi connectivity index (χ0v) is 21.4. The molecule has 6 nitrogen and oxygen atoms in total. The van der Waals surface area contributed by atoms with Gasteiger partial charge in [0.15, 0.2) is 16.8 Å². The van der Waals surface area contributed by atoms with Gasteiger partial charge in [-0.25, -0.2) is 18.2 Å². The van der Waals surface area contributed by atoms with E-state index < -0.39 is 28.7 Å². The van der Waals surface area contributed by atoms with E-state index in [1.807, 2.05) is 24.3 Å². The number of hydrogen-bond acceptors (Lipinski definition) is 5. The second-order valence-corrected chi connectivity index (χ2v) is 10.5. The van der Waals surface area contributed by atoms with Gasteiger partial charge in [0.05, 0.1) is 11.8 Å². The number of thioether (sulfide) groups is 1. The summed E-state index contributed by atoms with van der Waals surface area (Å²) in [6.45, 7) is 0. The third-order valence-electron chi connectivity index (χ3n) is 5.82. The molecule has 0 fully saturated rings. The van der Waals surface area contributed by atoms with Crippen molar-refractivity contribution in [1.29, 1.82) is 0 Å². The Bertz CT molecular complexity index is 1450. The van der Waals surface area contributed by atoms with Crippen LogP contribution < -0.4 is 5.32 Å². The Morgan fingerprint density at radius 3 is 2.57 bits per heavy atom. The van der Waals surface area contributed by atoms with Crippen LogP contribution in [0.1, 0.15) is 30.0 Å². The predicted octanol–water partition coefficient (Wildman–Crippen LogP) is 6.04. The highest BCUT2D eigenvalue weighted by Gasteiger charge is 2.39. The van der Waals surface area contributed by atoms with E-state index in [2.05, 4.69) is 26.2 Å². The van der Waals surface area contributed by atoms with Crippen LogP contribution in [-0.2, 0) is 9.59 Å². The van der Waals surface area contributed by atoms with Gasteiger partial charge in [0.2, 0.25) is 5.91 Å². The van der Waals surface area contributed by atoms with Crippen molar-refractivity contribution in [3.63, 3.8) is 0 Å². The summed E-state index contributed by atoms with van der Waals surface area (Å²) in [5.74, 6) is -3.51. The molecule has 2 amide bonds. The van der Waals surface area contributed by atoms with E-state index >= 15 is 0 Å². The molecule has 1 N–H and O–H groups in total. The molecule has 0 aromatic heterocycles. The Morgan fingerprint density at radius 1 is 1.05 bits per heavy atom. The lowest BCUT2D eigenvalue weighted by Gasteiger charge is -2.23. The molecule has 2 heterocycles. The number of carbonyl (C=O) groups is 2. The van der Waals surface area contributed by atoms with Crippen molar-refractivity contribution in [2.75, 3.05) is 5.32 Å². The van der Waals surface area contributed by atoms with Gasteiger partial charge in [-0.2, -0.15) is 10.1 Å². The van der Waals surface area contributed by atoms with Crippen molar-refractivity contribution in [3.05, 3.63) is 99.8 Å². The fraction of sp³-hybridized carbons (Fsp3) is 0.154. The summed E-state index contributed by atoms with van der Waals surface area (Å²) < 4.78 is 41.1. The van der Waals surface area contributed by atoms with Crippen LogP contribution in [0.5, 0.6) is 0 Å². The summed E-state index contributed by atoms with van der Waals surface area (Å²) in [6.07, 6.45) is 0.282. The van der Waals surface area contributed by atoms with E-state index in [9.17, 15) is 22.8 Å². The quantitative estimate of drug-likeness (QED) is 0.395. The molecule has 0 unspecified atom stereocenters. The molecule has 11 heteroatoms. The summed E-state index contributed by atoms with van der Waals surface area (Å²) in [4.78, 5) is 29.3. The lowest BCUT2D eigenvalue weighted by atomic mass is 9.98. The molecule has 0 saturated heterocycles. The highest BCUT2D eigenvalue weighted by Crippen LogP contribution is 2.39. The first-order valence-corrected chi connectivity index (χ1v) is 12.9. The number of amidine groups is 1. The Morgan fingerprint density at radius 2 is 1.84 bits per heavy atom. The zero-order chi connectivity index (χ0) is 26.1. The molecule has 37 heavy (non-hydrogen) atoms. The van der Waals surface area contributed by atoms with Gasteiger partial charge in [-0.05, 0) is 47.5 Å². The van der Waals surface area contributed by atoms with E-state index in [0.29, 0.717) is 11.6 Å². The van der Waals surface area contributed by atoms with Gasteiger partial charge in [0, 0.05) is 29.1 Å². The van der Waals surface area contributed by atoms with Crippen molar-refractivity contribution in [2.24, 2.45) is 10.1 Å². The summed E-state index contributed by atoms with van der Waals surface area (Å²) in [7, 11) is 0. The smallest absolute Gasteiger partial charge is 0.262 e. The molecular weight excluding hydrogens is 569 g/mol. The van der Waals surface area contributed by atoms with Crippen molar-refractivity contribution in [2.45, 2.75) is 24.1 Å². The van der Waals surface area contributed by atoms with Crippen molar-refractivity contribution in [1.82, 2.24) is 5.01 Å². The summed E-state index contributed by atoms with van der Waals surface area (Å²) >= 11 is 4.57. The third kappa shape index (κ3) is 5.62. The van der Waals surface area contributed by atoms with Crippen LogP contribution in [-0.4, -0.2) is 33.0 Å². The van der Waals surface area contributed by atoms with Crippen LogP contribution in [0.15, 0.2) is 81.3 Å². The lowest BCUT2D eigenvalue weighted by Crippen LogP contribution is -2.25. The zero-order valence-electron chi connectivity index (χ0n) is 19.0. The fourth-order valence-corrected chi connectivity index (χ4v) is 5.49. The van der Waals surface area contributed by atoms with Crippen molar-refractivity contribution in [3.8, 4) is 0 Å². The molecule has 2 aliphatic rings. The molecule has 2 aliphatic heterocycles. The number of nitrogens with zero attached hydrogens (tertiary/aromatic N) is 3. The Balaban J connectivity index is 1.35. The first-order chi connectivity index (χ1) is 17.8. The minimum atomic E-state index is -1.09. The highest BCUT2D eigenvalue weighted by atomic mass is 79.9. The first kappa shape index (κ1) is 25.2. The largest absolute Gasteiger partial charge is 0.326 e. The normalized spacial score (nSPS) is 19.1. The van der Waals surface area contributed by atoms with Gasteiger partial charge in [0.25, 0.3) is 5.91 Å². The number of carbonyl (C=O) groups excluding carboxylic acids is 2. The maximum atomic E-state index is 13.6. The second kappa shape index (κ2) is 10.5. The van der Waals surface area contributed by atoms with Gasteiger partial charge < -0.3 is 5.32 Å². The Labute approximate surface area is 222 Å². The molecule has 3 aromatic rings. The van der Waals surface area contributed by atoms with Crippen LogP contribution in [0.4, 0.5) is 18.9 Å². The number of rotatable bonds is 5. The maximum Gasteiger partial charge on any atom is 0.262 e. The van der Waals surface area contributed by atoms with Crippen molar-refractivity contribution >= 4 is 56.1 Å². The second-order valence-electron chi connectivity index (χ2n) is 8.39. The van der Waals surface area contributed by atoms with Crippen LogP contribution in [0, 0.1) is 17.5 Å². The maximum absolute atomic E-state index is 13.6. The van der Waals surface area contributed by atoms with Crippen LogP contribution in [0.25, 0.3) is 0 Å². The highest BCUT2D eigenvalue weighted by molar-refractivity contribution is 9.10. The predicted molar refractivity (Wildman–Crippen MR) is 140 cm³/mol. The van der Waals surface area contributed by atoms with Gasteiger partial charge in [-0.3, -0.25) is 9.59 Å². The molecule has 188 valence electrons. The molecule has 0 aliphatic carbocycles. The number of aliphatic imine (C=N–C) groups is 1. The monoisotopic (exact) mass is 586 g/mol. The van der Waals surface area contributed by atoms with Gasteiger partial charge in [0.1, 0.15) is 11.1 Å². The fourth-order valence-electron chi connectivity index (χ4n) is 4.03.